The lowest BCUT2D eigenvalue weighted by Gasteiger charge is -2.20. The molecule has 148 valence electrons. The predicted molar refractivity (Wildman–Crippen MR) is 118 cm³/mol. The summed E-state index contributed by atoms with van der Waals surface area (Å²) in [5, 5.41) is 12.4. The minimum atomic E-state index is -0.961. The van der Waals surface area contributed by atoms with Gasteiger partial charge in [-0.1, -0.05) is 58.4 Å². The molecular weight excluding hydrogens is 430 g/mol. The highest BCUT2D eigenvalue weighted by atomic mass is 79.9. The van der Waals surface area contributed by atoms with E-state index in [0.29, 0.717) is 12.8 Å². The Bertz CT molecular complexity index is 954. The average molecular weight is 452 g/mol. The fourth-order valence-electron chi connectivity index (χ4n) is 3.12. The Kier molecular flexibility index (Phi) is 7.19. The average Bonchev–Trinajstić information content (AvgIpc) is 2.73. The molecule has 5 heteroatoms. The Morgan fingerprint density at radius 3 is 2.17 bits per heavy atom. The van der Waals surface area contributed by atoms with Crippen LogP contribution in [-0.4, -0.2) is 16.9 Å². The molecule has 3 aromatic carbocycles. The lowest BCUT2D eigenvalue weighted by molar-refractivity contribution is -0.119. The molecule has 2 N–H and O–H groups in total. The van der Waals surface area contributed by atoms with Crippen LogP contribution in [0.25, 0.3) is 0 Å². The highest BCUT2D eigenvalue weighted by Crippen LogP contribution is 2.25. The number of carbonyl (C=O) groups excluding carboxylic acids is 1. The number of anilines is 1. The van der Waals surface area contributed by atoms with Crippen LogP contribution < -0.4 is 5.32 Å². The summed E-state index contributed by atoms with van der Waals surface area (Å²) in [6, 6.07) is 24.2. The Morgan fingerprint density at radius 1 is 0.897 bits per heavy atom. The van der Waals surface area contributed by atoms with Crippen molar-refractivity contribution in [1.82, 2.24) is 0 Å². The molecule has 3 rings (SSSR count). The van der Waals surface area contributed by atoms with E-state index in [4.69, 9.17) is 5.11 Å². The minimum Gasteiger partial charge on any atom is -0.478 e. The Balaban J connectivity index is 1.71. The third-order valence-corrected chi connectivity index (χ3v) is 5.24. The highest BCUT2D eigenvalue weighted by Gasteiger charge is 2.16. The third-order valence-electron chi connectivity index (χ3n) is 4.71. The van der Waals surface area contributed by atoms with Crippen molar-refractivity contribution in [3.05, 3.63) is 100 Å². The van der Waals surface area contributed by atoms with E-state index in [1.165, 1.54) is 0 Å². The minimum absolute atomic E-state index is 0.177. The van der Waals surface area contributed by atoms with Gasteiger partial charge in [0.05, 0.1) is 11.6 Å². The number of hydrogen-bond donors (Lipinski definition) is 2. The third kappa shape index (κ3) is 6.29. The largest absolute Gasteiger partial charge is 0.478 e. The van der Waals surface area contributed by atoms with Crippen molar-refractivity contribution in [2.75, 3.05) is 5.32 Å². The van der Waals surface area contributed by atoms with E-state index < -0.39 is 5.97 Å². The van der Waals surface area contributed by atoms with Gasteiger partial charge in [-0.25, -0.2) is 4.79 Å². The number of ketones is 1. The maximum atomic E-state index is 12.7. The summed E-state index contributed by atoms with van der Waals surface area (Å²) in [5.41, 5.74) is 3.16. The van der Waals surface area contributed by atoms with Crippen LogP contribution in [0.5, 0.6) is 0 Å². The van der Waals surface area contributed by atoms with Crippen LogP contribution in [0.15, 0.2) is 83.3 Å². The molecule has 0 aromatic heterocycles. The first-order chi connectivity index (χ1) is 14.0. The van der Waals surface area contributed by atoms with Crippen molar-refractivity contribution in [3.8, 4) is 0 Å². The van der Waals surface area contributed by atoms with Gasteiger partial charge >= 0.3 is 5.97 Å². The van der Waals surface area contributed by atoms with Gasteiger partial charge in [0.25, 0.3) is 0 Å². The molecule has 4 nitrogen and oxygen atoms in total. The predicted octanol–water partition coefficient (Wildman–Crippen LogP) is 5.89. The molecule has 3 aromatic rings. The summed E-state index contributed by atoms with van der Waals surface area (Å²) in [7, 11) is 0. The Morgan fingerprint density at radius 2 is 1.55 bits per heavy atom. The molecule has 0 saturated carbocycles. The zero-order chi connectivity index (χ0) is 20.6. The van der Waals surface area contributed by atoms with Crippen molar-refractivity contribution in [3.63, 3.8) is 0 Å². The van der Waals surface area contributed by atoms with Crippen LogP contribution in [0.1, 0.15) is 40.4 Å². The number of carboxylic acid groups (broad SMARTS) is 1. The lowest BCUT2D eigenvalue weighted by Crippen LogP contribution is -2.16. The summed E-state index contributed by atoms with van der Waals surface area (Å²) in [5.74, 6) is -0.784. The lowest BCUT2D eigenvalue weighted by atomic mass is 9.97. The van der Waals surface area contributed by atoms with Crippen molar-refractivity contribution < 1.29 is 14.7 Å². The van der Waals surface area contributed by atoms with Gasteiger partial charge in [0, 0.05) is 23.0 Å². The molecule has 1 atom stereocenters. The first-order valence-electron chi connectivity index (χ1n) is 9.42. The molecule has 0 heterocycles. The summed E-state index contributed by atoms with van der Waals surface area (Å²) in [6.07, 6.45) is 1.56. The van der Waals surface area contributed by atoms with E-state index >= 15 is 0 Å². The number of aromatic carboxylic acids is 1. The molecule has 0 aliphatic heterocycles. The summed E-state index contributed by atoms with van der Waals surface area (Å²) < 4.78 is 0.973. The summed E-state index contributed by atoms with van der Waals surface area (Å²) in [4.78, 5) is 23.7. The Hall–Kier alpha value is -2.92. The van der Waals surface area contributed by atoms with Gasteiger partial charge in [0.1, 0.15) is 5.78 Å². The van der Waals surface area contributed by atoms with Crippen molar-refractivity contribution in [1.29, 1.82) is 0 Å². The van der Waals surface area contributed by atoms with Crippen LogP contribution in [-0.2, 0) is 11.2 Å². The van der Waals surface area contributed by atoms with Gasteiger partial charge in [-0.15, -0.1) is 0 Å². The van der Waals surface area contributed by atoms with Gasteiger partial charge in [-0.05, 0) is 53.9 Å². The summed E-state index contributed by atoms with van der Waals surface area (Å²) in [6.45, 7) is 0. The molecule has 0 aliphatic rings. The first-order valence-corrected chi connectivity index (χ1v) is 10.2. The second-order valence-electron chi connectivity index (χ2n) is 6.86. The molecule has 0 saturated heterocycles. The van der Waals surface area contributed by atoms with E-state index in [-0.39, 0.29) is 17.4 Å². The molecular formula is C24H22BrNO3. The number of carbonyl (C=O) groups is 2. The molecule has 29 heavy (non-hydrogen) atoms. The topological polar surface area (TPSA) is 66.4 Å². The molecule has 0 aliphatic carbocycles. The van der Waals surface area contributed by atoms with Gasteiger partial charge in [0.15, 0.2) is 0 Å². The molecule has 0 amide bonds. The second kappa shape index (κ2) is 10.0. The van der Waals surface area contributed by atoms with Crippen molar-refractivity contribution >= 4 is 33.4 Å². The van der Waals surface area contributed by atoms with Crippen LogP contribution >= 0.6 is 15.9 Å². The Labute approximate surface area is 178 Å². The maximum Gasteiger partial charge on any atom is 0.335 e. The number of benzene rings is 3. The number of Topliss-reactive ketones (excluding diaryl/α,β-unsaturated/α-hetero) is 1. The van der Waals surface area contributed by atoms with Crippen LogP contribution in [0.4, 0.5) is 5.69 Å². The smallest absolute Gasteiger partial charge is 0.335 e. The van der Waals surface area contributed by atoms with E-state index in [2.05, 4.69) is 21.2 Å². The number of halogens is 1. The number of rotatable bonds is 9. The van der Waals surface area contributed by atoms with E-state index in [9.17, 15) is 9.59 Å². The van der Waals surface area contributed by atoms with Gasteiger partial charge in [0.2, 0.25) is 0 Å². The number of nitrogens with one attached hydrogen (secondary N) is 1. The standard InChI is InChI=1S/C24H22BrNO3/c25-20-11-7-18(8-12-20)23(26-21-13-9-19(10-14-21)24(28)29)16-22(27)15-6-17-4-2-1-3-5-17/h1-5,7-14,23,26H,6,15-16H2,(H,28,29). The zero-order valence-corrected chi connectivity index (χ0v) is 17.4. The number of aryl methyl sites for hydroxylation is 1. The van der Waals surface area contributed by atoms with Gasteiger partial charge < -0.3 is 10.4 Å². The SMILES string of the molecule is O=C(CCc1ccccc1)CC(Nc1ccc(C(=O)O)cc1)c1ccc(Br)cc1. The fraction of sp³-hybridized carbons (Fsp3) is 0.167. The fourth-order valence-corrected chi connectivity index (χ4v) is 3.38. The number of hydrogen-bond acceptors (Lipinski definition) is 3. The van der Waals surface area contributed by atoms with E-state index in [1.807, 2.05) is 54.6 Å². The van der Waals surface area contributed by atoms with Crippen molar-refractivity contribution in [2.45, 2.75) is 25.3 Å². The van der Waals surface area contributed by atoms with Crippen LogP contribution in [0.3, 0.4) is 0 Å². The zero-order valence-electron chi connectivity index (χ0n) is 15.8. The van der Waals surface area contributed by atoms with Crippen LogP contribution in [0, 0.1) is 0 Å². The normalized spacial score (nSPS) is 11.6. The summed E-state index contributed by atoms with van der Waals surface area (Å²) >= 11 is 3.44. The van der Waals surface area contributed by atoms with Gasteiger partial charge in [-0.3, -0.25) is 4.79 Å². The quantitative estimate of drug-likeness (QED) is 0.425. The second-order valence-corrected chi connectivity index (χ2v) is 7.78. The highest BCUT2D eigenvalue weighted by molar-refractivity contribution is 9.10. The molecule has 0 fully saturated rings. The maximum absolute atomic E-state index is 12.7. The van der Waals surface area contributed by atoms with E-state index in [0.717, 1.165) is 27.7 Å². The molecule has 1 unspecified atom stereocenters. The van der Waals surface area contributed by atoms with Crippen LogP contribution in [0.2, 0.25) is 0 Å². The monoisotopic (exact) mass is 451 g/mol. The molecule has 0 bridgehead atoms. The van der Waals surface area contributed by atoms with Gasteiger partial charge in [-0.2, -0.15) is 0 Å². The molecule has 0 radical (unpaired) electrons. The molecule has 0 spiro atoms. The van der Waals surface area contributed by atoms with E-state index in [1.54, 1.807) is 24.3 Å². The first kappa shape index (κ1) is 20.8. The van der Waals surface area contributed by atoms with Crippen molar-refractivity contribution in [2.24, 2.45) is 0 Å². The number of carboxylic acids is 1.